The van der Waals surface area contributed by atoms with Crippen LogP contribution in [0.25, 0.3) is 0 Å². The van der Waals surface area contributed by atoms with Gasteiger partial charge in [0, 0.05) is 25.3 Å². The zero-order chi connectivity index (χ0) is 20.2. The molecule has 27 heavy (non-hydrogen) atoms. The van der Waals surface area contributed by atoms with Gasteiger partial charge in [0.1, 0.15) is 0 Å². The predicted octanol–water partition coefficient (Wildman–Crippen LogP) is 6.29. The van der Waals surface area contributed by atoms with Crippen LogP contribution in [0.4, 0.5) is 0 Å². The minimum Gasteiger partial charge on any atom is -0.352 e. The van der Waals surface area contributed by atoms with Crippen molar-refractivity contribution in [1.29, 1.82) is 0 Å². The third kappa shape index (κ3) is 5.65. The molecule has 2 atom stereocenters. The molecule has 0 aromatic heterocycles. The van der Waals surface area contributed by atoms with Crippen molar-refractivity contribution in [2.75, 3.05) is 14.2 Å². The predicted molar refractivity (Wildman–Crippen MR) is 111 cm³/mol. The van der Waals surface area contributed by atoms with Gasteiger partial charge in [0.05, 0.1) is 0 Å². The second-order valence-corrected chi connectivity index (χ2v) is 9.02. The van der Waals surface area contributed by atoms with Crippen LogP contribution in [0.3, 0.4) is 0 Å². The van der Waals surface area contributed by atoms with E-state index in [0.29, 0.717) is 0 Å². The second kappa shape index (κ2) is 8.55. The van der Waals surface area contributed by atoms with Crippen molar-refractivity contribution < 1.29 is 14.2 Å². The Hall–Kier alpha value is -1.68. The molecular formula is C24H34O3. The number of ether oxygens (including phenoxy) is 3. The van der Waals surface area contributed by atoms with Crippen LogP contribution in [0.15, 0.2) is 48.5 Å². The fourth-order valence-electron chi connectivity index (χ4n) is 2.96. The van der Waals surface area contributed by atoms with Gasteiger partial charge in [-0.25, -0.2) is 0 Å². The first-order chi connectivity index (χ1) is 12.6. The highest BCUT2D eigenvalue weighted by atomic mass is 16.8. The highest BCUT2D eigenvalue weighted by Crippen LogP contribution is 2.32. The van der Waals surface area contributed by atoms with Crippen LogP contribution in [-0.4, -0.2) is 14.2 Å². The van der Waals surface area contributed by atoms with Crippen LogP contribution >= 0.6 is 0 Å². The average Bonchev–Trinajstić information content (AvgIpc) is 2.61. The zero-order valence-corrected chi connectivity index (χ0v) is 18.0. The molecule has 3 nitrogen and oxygen atoms in total. The van der Waals surface area contributed by atoms with Gasteiger partial charge in [-0.1, -0.05) is 90.1 Å². The topological polar surface area (TPSA) is 27.7 Å². The first-order valence-electron chi connectivity index (χ1n) is 9.48. The van der Waals surface area contributed by atoms with Gasteiger partial charge >= 0.3 is 0 Å². The molecule has 0 heterocycles. The molecule has 148 valence electrons. The number of hydrogen-bond donors (Lipinski definition) is 0. The first-order valence-corrected chi connectivity index (χ1v) is 9.48. The molecule has 0 saturated carbocycles. The van der Waals surface area contributed by atoms with E-state index < -0.39 is 12.6 Å². The Kier molecular flexibility index (Phi) is 6.85. The van der Waals surface area contributed by atoms with Crippen molar-refractivity contribution >= 4 is 0 Å². The van der Waals surface area contributed by atoms with Crippen molar-refractivity contribution in [3.05, 3.63) is 70.8 Å². The van der Waals surface area contributed by atoms with Crippen LogP contribution in [0.5, 0.6) is 0 Å². The van der Waals surface area contributed by atoms with Gasteiger partial charge in [0.15, 0.2) is 12.6 Å². The lowest BCUT2D eigenvalue weighted by Crippen LogP contribution is -2.17. The third-order valence-electron chi connectivity index (χ3n) is 4.72. The van der Waals surface area contributed by atoms with E-state index in [-0.39, 0.29) is 10.8 Å². The molecule has 0 N–H and O–H groups in total. The molecule has 3 heteroatoms. The van der Waals surface area contributed by atoms with Gasteiger partial charge in [0.2, 0.25) is 0 Å². The normalized spacial score (nSPS) is 14.8. The molecule has 0 aliphatic rings. The Balaban J connectivity index is 2.29. The van der Waals surface area contributed by atoms with Crippen LogP contribution in [0.1, 0.15) is 76.4 Å². The molecule has 2 aromatic rings. The summed E-state index contributed by atoms with van der Waals surface area (Å²) in [6, 6.07) is 16.7. The van der Waals surface area contributed by atoms with E-state index in [1.165, 1.54) is 11.1 Å². The molecule has 0 aliphatic heterocycles. The van der Waals surface area contributed by atoms with Crippen LogP contribution in [0.2, 0.25) is 0 Å². The minimum atomic E-state index is -0.504. The Morgan fingerprint density at radius 2 is 1.00 bits per heavy atom. The maximum atomic E-state index is 6.21. The smallest absolute Gasteiger partial charge is 0.186 e. The SMILES string of the molecule is COC(OC(OC)c1cccc(C(C)(C)C)c1)c1cccc(C(C)(C)C)c1. The quantitative estimate of drug-likeness (QED) is 0.559. The summed E-state index contributed by atoms with van der Waals surface area (Å²) in [6.07, 6.45) is -1.01. The van der Waals surface area contributed by atoms with E-state index in [4.69, 9.17) is 14.2 Å². The van der Waals surface area contributed by atoms with Gasteiger partial charge in [-0.2, -0.15) is 0 Å². The summed E-state index contributed by atoms with van der Waals surface area (Å²) < 4.78 is 17.5. The zero-order valence-electron chi connectivity index (χ0n) is 18.0. The summed E-state index contributed by atoms with van der Waals surface area (Å²) in [5.74, 6) is 0. The summed E-state index contributed by atoms with van der Waals surface area (Å²) in [4.78, 5) is 0. The van der Waals surface area contributed by atoms with Gasteiger partial charge in [-0.3, -0.25) is 0 Å². The van der Waals surface area contributed by atoms with E-state index >= 15 is 0 Å². The summed E-state index contributed by atoms with van der Waals surface area (Å²) in [7, 11) is 3.32. The van der Waals surface area contributed by atoms with Crippen molar-refractivity contribution in [3.8, 4) is 0 Å². The van der Waals surface area contributed by atoms with Crippen molar-refractivity contribution in [2.45, 2.75) is 65.0 Å². The third-order valence-corrected chi connectivity index (χ3v) is 4.72. The Morgan fingerprint density at radius 3 is 1.30 bits per heavy atom. The first kappa shape index (κ1) is 21.6. The molecule has 0 fully saturated rings. The van der Waals surface area contributed by atoms with Gasteiger partial charge in [0.25, 0.3) is 0 Å². The van der Waals surface area contributed by atoms with Crippen LogP contribution < -0.4 is 0 Å². The highest BCUT2D eigenvalue weighted by Gasteiger charge is 2.23. The molecule has 0 aliphatic carbocycles. The standard InChI is InChI=1S/C24H34O3/c1-23(2,3)19-13-9-11-17(15-19)21(25-7)27-22(26-8)18-12-10-14-20(16-18)24(4,5)6/h9-16,21-22H,1-8H3. The minimum absolute atomic E-state index is 0.0655. The summed E-state index contributed by atoms with van der Waals surface area (Å²) in [5, 5.41) is 0. The maximum Gasteiger partial charge on any atom is 0.186 e. The fraction of sp³-hybridized carbons (Fsp3) is 0.500. The fourth-order valence-corrected chi connectivity index (χ4v) is 2.96. The van der Waals surface area contributed by atoms with Crippen molar-refractivity contribution in [1.82, 2.24) is 0 Å². The second-order valence-electron chi connectivity index (χ2n) is 9.02. The lowest BCUT2D eigenvalue weighted by atomic mass is 9.86. The maximum absolute atomic E-state index is 6.21. The van der Waals surface area contributed by atoms with E-state index in [1.807, 2.05) is 24.3 Å². The lowest BCUT2D eigenvalue weighted by molar-refractivity contribution is -0.237. The van der Waals surface area contributed by atoms with Gasteiger partial charge in [-0.15, -0.1) is 0 Å². The number of rotatable bonds is 6. The summed E-state index contributed by atoms with van der Waals surface area (Å²) in [6.45, 7) is 13.2. The van der Waals surface area contributed by atoms with Gasteiger partial charge in [-0.05, 0) is 22.0 Å². The molecular weight excluding hydrogens is 336 g/mol. The van der Waals surface area contributed by atoms with E-state index in [2.05, 4.69) is 65.8 Å². The molecule has 0 spiro atoms. The molecule has 2 rings (SSSR count). The molecule has 0 radical (unpaired) electrons. The van der Waals surface area contributed by atoms with Crippen LogP contribution in [0, 0.1) is 0 Å². The van der Waals surface area contributed by atoms with E-state index in [1.54, 1.807) is 14.2 Å². The monoisotopic (exact) mass is 370 g/mol. The Bertz CT molecular complexity index is 674. The highest BCUT2D eigenvalue weighted by molar-refractivity contribution is 5.31. The Morgan fingerprint density at radius 1 is 0.630 bits per heavy atom. The largest absolute Gasteiger partial charge is 0.352 e. The number of benzene rings is 2. The van der Waals surface area contributed by atoms with Crippen LogP contribution in [-0.2, 0) is 25.0 Å². The molecule has 0 amide bonds. The summed E-state index contributed by atoms with van der Waals surface area (Å²) in [5.41, 5.74) is 4.59. The summed E-state index contributed by atoms with van der Waals surface area (Å²) >= 11 is 0. The number of methoxy groups -OCH3 is 2. The molecule has 2 unspecified atom stereocenters. The van der Waals surface area contributed by atoms with Crippen molar-refractivity contribution in [2.24, 2.45) is 0 Å². The van der Waals surface area contributed by atoms with E-state index in [0.717, 1.165) is 11.1 Å². The number of hydrogen-bond acceptors (Lipinski definition) is 3. The average molecular weight is 371 g/mol. The lowest BCUT2D eigenvalue weighted by Gasteiger charge is -2.26. The van der Waals surface area contributed by atoms with Crippen molar-refractivity contribution in [3.63, 3.8) is 0 Å². The van der Waals surface area contributed by atoms with E-state index in [9.17, 15) is 0 Å². The molecule has 0 saturated heterocycles. The molecule has 0 bridgehead atoms. The Labute approximate surface area is 164 Å². The van der Waals surface area contributed by atoms with Gasteiger partial charge < -0.3 is 14.2 Å². The molecule has 2 aromatic carbocycles.